The van der Waals surface area contributed by atoms with Gasteiger partial charge in [0.15, 0.2) is 0 Å². The zero-order valence-electron chi connectivity index (χ0n) is 4.76. The molecule has 0 spiro atoms. The van der Waals surface area contributed by atoms with Gasteiger partial charge in [-0.05, 0) is 11.2 Å². The summed E-state index contributed by atoms with van der Waals surface area (Å²) >= 11 is 1.56. The van der Waals surface area contributed by atoms with Crippen LogP contribution in [0.1, 0.15) is 6.92 Å². The Morgan fingerprint density at radius 1 is 1.88 bits per heavy atom. The summed E-state index contributed by atoms with van der Waals surface area (Å²) in [4.78, 5) is 10.00. The maximum absolute atomic E-state index is 10.00. The molecule has 0 aromatic heterocycles. The van der Waals surface area contributed by atoms with Crippen molar-refractivity contribution in [1.29, 1.82) is 0 Å². The number of carbonyl (C=O) groups is 1. The minimum absolute atomic E-state index is 0.383. The standard InChI is InChI=1S/C5H9NOS/c1-2-8-4-3-5(6)7/h3-4H,2H2,1H3,(H2,6,7). The summed E-state index contributed by atoms with van der Waals surface area (Å²) in [5.41, 5.74) is 4.79. The second-order valence-electron chi connectivity index (χ2n) is 1.16. The zero-order chi connectivity index (χ0) is 6.41. The highest BCUT2D eigenvalue weighted by atomic mass is 32.2. The van der Waals surface area contributed by atoms with E-state index in [1.54, 1.807) is 17.2 Å². The third kappa shape index (κ3) is 5.56. The van der Waals surface area contributed by atoms with Gasteiger partial charge in [-0.25, -0.2) is 0 Å². The Bertz CT molecular complexity index is 101. The second-order valence-corrected chi connectivity index (χ2v) is 2.34. The number of hydrogen-bond acceptors (Lipinski definition) is 2. The van der Waals surface area contributed by atoms with Gasteiger partial charge in [0.05, 0.1) is 0 Å². The highest BCUT2D eigenvalue weighted by Crippen LogP contribution is 1.97. The molecular weight excluding hydrogens is 122 g/mol. The fraction of sp³-hybridized carbons (Fsp3) is 0.400. The van der Waals surface area contributed by atoms with Gasteiger partial charge in [-0.2, -0.15) is 0 Å². The third-order valence-corrected chi connectivity index (χ3v) is 1.16. The van der Waals surface area contributed by atoms with Gasteiger partial charge in [0.2, 0.25) is 5.91 Å². The van der Waals surface area contributed by atoms with Crippen molar-refractivity contribution in [1.82, 2.24) is 0 Å². The summed E-state index contributed by atoms with van der Waals surface area (Å²) < 4.78 is 0. The van der Waals surface area contributed by atoms with Crippen molar-refractivity contribution in [3.8, 4) is 0 Å². The minimum atomic E-state index is -0.383. The number of nitrogens with two attached hydrogens (primary N) is 1. The highest BCUT2D eigenvalue weighted by molar-refractivity contribution is 8.02. The number of primary amides is 1. The van der Waals surface area contributed by atoms with Gasteiger partial charge in [-0.1, -0.05) is 6.92 Å². The van der Waals surface area contributed by atoms with Crippen LogP contribution in [0.2, 0.25) is 0 Å². The second kappa shape index (κ2) is 4.71. The first kappa shape index (κ1) is 7.56. The predicted molar refractivity (Wildman–Crippen MR) is 36.5 cm³/mol. The van der Waals surface area contributed by atoms with E-state index in [-0.39, 0.29) is 5.91 Å². The third-order valence-electron chi connectivity index (χ3n) is 0.495. The van der Waals surface area contributed by atoms with E-state index < -0.39 is 0 Å². The molecule has 0 fully saturated rings. The van der Waals surface area contributed by atoms with E-state index in [1.807, 2.05) is 6.92 Å². The van der Waals surface area contributed by atoms with Crippen molar-refractivity contribution in [2.24, 2.45) is 5.73 Å². The molecule has 0 aromatic carbocycles. The summed E-state index contributed by atoms with van der Waals surface area (Å²) in [5.74, 6) is 0.593. The lowest BCUT2D eigenvalue weighted by molar-refractivity contribution is -0.113. The van der Waals surface area contributed by atoms with Gasteiger partial charge in [-0.15, -0.1) is 11.8 Å². The van der Waals surface area contributed by atoms with Crippen molar-refractivity contribution in [3.05, 3.63) is 11.5 Å². The average Bonchev–Trinajstić information content (AvgIpc) is 1.66. The predicted octanol–water partition coefficient (Wildman–Crippen LogP) is 0.738. The Hall–Kier alpha value is -0.440. The quantitative estimate of drug-likeness (QED) is 0.574. The number of thioether (sulfide) groups is 1. The molecule has 0 aliphatic carbocycles. The molecule has 0 heterocycles. The van der Waals surface area contributed by atoms with Crippen molar-refractivity contribution >= 4 is 17.7 Å². The van der Waals surface area contributed by atoms with Crippen LogP contribution in [-0.2, 0) is 4.79 Å². The SMILES string of the molecule is CCSC=CC(N)=O. The number of rotatable bonds is 3. The van der Waals surface area contributed by atoms with Crippen LogP contribution >= 0.6 is 11.8 Å². The van der Waals surface area contributed by atoms with E-state index in [2.05, 4.69) is 0 Å². The number of carbonyl (C=O) groups excluding carboxylic acids is 1. The molecule has 2 nitrogen and oxygen atoms in total. The van der Waals surface area contributed by atoms with E-state index in [0.29, 0.717) is 0 Å². The summed E-state index contributed by atoms with van der Waals surface area (Å²) in [7, 11) is 0. The lowest BCUT2D eigenvalue weighted by Gasteiger charge is -1.80. The minimum Gasteiger partial charge on any atom is -0.366 e. The number of hydrogen-bond donors (Lipinski definition) is 1. The summed E-state index contributed by atoms with van der Waals surface area (Å²) in [6.45, 7) is 2.01. The van der Waals surface area contributed by atoms with Gasteiger partial charge in [0.1, 0.15) is 0 Å². The molecule has 0 aliphatic heterocycles. The Kier molecular flexibility index (Phi) is 4.45. The smallest absolute Gasteiger partial charge is 0.241 e. The lowest BCUT2D eigenvalue weighted by Crippen LogP contribution is -2.04. The summed E-state index contributed by atoms with van der Waals surface area (Å²) in [6, 6.07) is 0. The molecule has 0 aliphatic rings. The van der Waals surface area contributed by atoms with E-state index in [4.69, 9.17) is 5.73 Å². The van der Waals surface area contributed by atoms with Gasteiger partial charge in [0.25, 0.3) is 0 Å². The van der Waals surface area contributed by atoms with Crippen LogP contribution in [-0.4, -0.2) is 11.7 Å². The zero-order valence-corrected chi connectivity index (χ0v) is 5.57. The van der Waals surface area contributed by atoms with E-state index in [0.717, 1.165) is 5.75 Å². The molecule has 1 amide bonds. The van der Waals surface area contributed by atoms with E-state index >= 15 is 0 Å². The molecule has 0 unspecified atom stereocenters. The molecule has 3 heteroatoms. The van der Waals surface area contributed by atoms with Crippen LogP contribution < -0.4 is 5.73 Å². The molecule has 0 atom stereocenters. The maximum atomic E-state index is 10.00. The maximum Gasteiger partial charge on any atom is 0.241 e. The van der Waals surface area contributed by atoms with Gasteiger partial charge < -0.3 is 5.73 Å². The molecule has 0 saturated carbocycles. The van der Waals surface area contributed by atoms with Gasteiger partial charge in [-0.3, -0.25) is 4.79 Å². The Morgan fingerprint density at radius 2 is 2.50 bits per heavy atom. The normalized spacial score (nSPS) is 10.1. The topological polar surface area (TPSA) is 43.1 Å². The van der Waals surface area contributed by atoms with Crippen LogP contribution in [0.15, 0.2) is 11.5 Å². The Balaban J connectivity index is 3.20. The van der Waals surface area contributed by atoms with Crippen molar-refractivity contribution in [2.45, 2.75) is 6.92 Å². The Morgan fingerprint density at radius 3 is 2.88 bits per heavy atom. The van der Waals surface area contributed by atoms with E-state index in [9.17, 15) is 4.79 Å². The lowest BCUT2D eigenvalue weighted by atomic mass is 10.6. The first-order valence-corrected chi connectivity index (χ1v) is 3.40. The molecule has 8 heavy (non-hydrogen) atoms. The Labute approximate surface area is 53.1 Å². The molecule has 0 bridgehead atoms. The van der Waals surface area contributed by atoms with Crippen molar-refractivity contribution in [2.75, 3.05) is 5.75 Å². The fourth-order valence-corrected chi connectivity index (χ4v) is 0.634. The van der Waals surface area contributed by atoms with Crippen LogP contribution in [0.5, 0.6) is 0 Å². The molecule has 0 rings (SSSR count). The first-order valence-electron chi connectivity index (χ1n) is 2.35. The largest absolute Gasteiger partial charge is 0.366 e. The van der Waals surface area contributed by atoms with Crippen LogP contribution in [0.25, 0.3) is 0 Å². The highest BCUT2D eigenvalue weighted by Gasteiger charge is 1.78. The molecule has 2 N–H and O–H groups in total. The fourth-order valence-electron chi connectivity index (χ4n) is 0.211. The average molecular weight is 131 g/mol. The first-order chi connectivity index (χ1) is 3.77. The van der Waals surface area contributed by atoms with Crippen LogP contribution in [0.3, 0.4) is 0 Å². The summed E-state index contributed by atoms with van der Waals surface area (Å²) in [6.07, 6.45) is 1.36. The van der Waals surface area contributed by atoms with Crippen molar-refractivity contribution < 1.29 is 4.79 Å². The van der Waals surface area contributed by atoms with E-state index in [1.165, 1.54) is 6.08 Å². The number of amides is 1. The molecule has 0 saturated heterocycles. The van der Waals surface area contributed by atoms with Gasteiger partial charge >= 0.3 is 0 Å². The molecule has 46 valence electrons. The van der Waals surface area contributed by atoms with Gasteiger partial charge in [0, 0.05) is 6.08 Å². The van der Waals surface area contributed by atoms with Crippen LogP contribution in [0, 0.1) is 0 Å². The molecule has 0 aromatic rings. The monoisotopic (exact) mass is 131 g/mol. The molecule has 0 radical (unpaired) electrons. The summed E-state index contributed by atoms with van der Waals surface area (Å²) in [5, 5.41) is 1.70. The van der Waals surface area contributed by atoms with Crippen molar-refractivity contribution in [3.63, 3.8) is 0 Å². The van der Waals surface area contributed by atoms with Crippen LogP contribution in [0.4, 0.5) is 0 Å². The molecular formula is C5H9NOS.